The van der Waals surface area contributed by atoms with Crippen LogP contribution in [0.4, 0.5) is 10.5 Å². The van der Waals surface area contributed by atoms with Gasteiger partial charge in [-0.15, -0.1) is 0 Å². The molecule has 2 amide bonds. The zero-order chi connectivity index (χ0) is 13.8. The Morgan fingerprint density at radius 2 is 1.95 bits per heavy atom. The van der Waals surface area contributed by atoms with Gasteiger partial charge in [0.1, 0.15) is 0 Å². The number of H-pyrrole nitrogens is 1. The number of rotatable bonds is 2. The minimum Gasteiger partial charge on any atom is -0.367 e. The molecule has 104 valence electrons. The van der Waals surface area contributed by atoms with Crippen molar-refractivity contribution in [3.63, 3.8) is 0 Å². The summed E-state index contributed by atoms with van der Waals surface area (Å²) in [4.78, 5) is 29.5. The lowest BCUT2D eigenvalue weighted by Crippen LogP contribution is -2.53. The maximum Gasteiger partial charge on any atom is 0.317 e. The first-order valence-corrected chi connectivity index (χ1v) is 6.55. The van der Waals surface area contributed by atoms with Crippen molar-refractivity contribution < 1.29 is 4.79 Å². The first-order valence-electron chi connectivity index (χ1n) is 6.55. The van der Waals surface area contributed by atoms with Crippen molar-refractivity contribution in [3.05, 3.63) is 28.7 Å². The van der Waals surface area contributed by atoms with Crippen LogP contribution in [0.5, 0.6) is 0 Å². The van der Waals surface area contributed by atoms with Crippen LogP contribution in [0.2, 0.25) is 0 Å². The van der Waals surface area contributed by atoms with Gasteiger partial charge in [0.15, 0.2) is 0 Å². The molecule has 0 saturated carbocycles. The number of carbonyl (C=O) groups excluding carboxylic acids is 1. The van der Waals surface area contributed by atoms with E-state index in [9.17, 15) is 9.59 Å². The van der Waals surface area contributed by atoms with Crippen molar-refractivity contribution in [1.82, 2.24) is 15.2 Å². The molecule has 0 unspecified atom stereocenters. The van der Waals surface area contributed by atoms with Gasteiger partial charge in [0.2, 0.25) is 5.56 Å². The number of carbonyl (C=O) groups is 1. The van der Waals surface area contributed by atoms with Crippen molar-refractivity contribution in [3.8, 4) is 0 Å². The normalized spacial score (nSPS) is 15.7. The van der Waals surface area contributed by atoms with E-state index in [1.807, 2.05) is 24.8 Å². The molecule has 2 rings (SSSR count). The second kappa shape index (κ2) is 5.77. The summed E-state index contributed by atoms with van der Waals surface area (Å²) in [6.45, 7) is 6.84. The summed E-state index contributed by atoms with van der Waals surface area (Å²) in [5.74, 6) is 0. The summed E-state index contributed by atoms with van der Waals surface area (Å²) in [5.41, 5.74) is 0.891. The SMILES string of the molecule is CC(C)NC(=O)N1CCN(c2ccc(=O)[nH]c2)CC1. The minimum atomic E-state index is -0.0984. The number of nitrogens with zero attached hydrogens (tertiary/aromatic N) is 2. The van der Waals surface area contributed by atoms with E-state index in [0.717, 1.165) is 18.8 Å². The van der Waals surface area contributed by atoms with E-state index >= 15 is 0 Å². The fourth-order valence-corrected chi connectivity index (χ4v) is 2.11. The zero-order valence-corrected chi connectivity index (χ0v) is 11.3. The van der Waals surface area contributed by atoms with Gasteiger partial charge in [0, 0.05) is 44.5 Å². The molecule has 1 fully saturated rings. The van der Waals surface area contributed by atoms with Crippen LogP contribution < -0.4 is 15.8 Å². The average Bonchev–Trinajstić information content (AvgIpc) is 2.39. The van der Waals surface area contributed by atoms with Gasteiger partial charge in [-0.3, -0.25) is 4.79 Å². The number of pyridine rings is 1. The van der Waals surface area contributed by atoms with Crippen molar-refractivity contribution in [1.29, 1.82) is 0 Å². The third-order valence-electron chi connectivity index (χ3n) is 3.11. The summed E-state index contributed by atoms with van der Waals surface area (Å²) < 4.78 is 0. The predicted octanol–water partition coefficient (Wildman–Crippen LogP) is 0.615. The zero-order valence-electron chi connectivity index (χ0n) is 11.3. The van der Waals surface area contributed by atoms with Crippen LogP contribution in [0.25, 0.3) is 0 Å². The highest BCUT2D eigenvalue weighted by molar-refractivity contribution is 5.74. The van der Waals surface area contributed by atoms with E-state index in [4.69, 9.17) is 0 Å². The number of piperazine rings is 1. The van der Waals surface area contributed by atoms with Crippen LogP contribution in [0.1, 0.15) is 13.8 Å². The van der Waals surface area contributed by atoms with Crippen molar-refractivity contribution in [2.24, 2.45) is 0 Å². The van der Waals surface area contributed by atoms with Crippen LogP contribution in [-0.2, 0) is 0 Å². The Kier molecular flexibility index (Phi) is 4.09. The third-order valence-corrected chi connectivity index (χ3v) is 3.11. The Morgan fingerprint density at radius 1 is 1.26 bits per heavy atom. The number of nitrogens with one attached hydrogen (secondary N) is 2. The third kappa shape index (κ3) is 3.49. The lowest BCUT2D eigenvalue weighted by Gasteiger charge is -2.36. The standard InChI is InChI=1S/C13H20N4O2/c1-10(2)15-13(19)17-7-5-16(6-8-17)11-3-4-12(18)14-9-11/h3-4,9-10H,5-8H2,1-2H3,(H,14,18)(H,15,19). The van der Waals surface area contributed by atoms with Crippen LogP contribution in [0, 0.1) is 0 Å². The number of amides is 2. The molecule has 1 saturated heterocycles. The van der Waals surface area contributed by atoms with E-state index < -0.39 is 0 Å². The smallest absolute Gasteiger partial charge is 0.317 e. The largest absolute Gasteiger partial charge is 0.367 e. The minimum absolute atomic E-state index is 0.00359. The predicted molar refractivity (Wildman–Crippen MR) is 74.5 cm³/mol. The highest BCUT2D eigenvalue weighted by Gasteiger charge is 2.21. The van der Waals surface area contributed by atoms with Crippen LogP contribution >= 0.6 is 0 Å². The molecule has 1 aliphatic rings. The molecule has 0 aliphatic carbocycles. The fraction of sp³-hybridized carbons (Fsp3) is 0.538. The molecule has 0 bridgehead atoms. The fourth-order valence-electron chi connectivity index (χ4n) is 2.11. The summed E-state index contributed by atoms with van der Waals surface area (Å²) in [5, 5.41) is 2.90. The molecule has 19 heavy (non-hydrogen) atoms. The molecule has 2 heterocycles. The van der Waals surface area contributed by atoms with E-state index in [1.165, 1.54) is 6.07 Å². The summed E-state index contributed by atoms with van der Waals surface area (Å²) in [7, 11) is 0. The number of urea groups is 1. The topological polar surface area (TPSA) is 68.4 Å². The Hall–Kier alpha value is -1.98. The number of hydrogen-bond donors (Lipinski definition) is 2. The lowest BCUT2D eigenvalue weighted by molar-refractivity contribution is 0.192. The molecule has 1 aromatic rings. The molecule has 1 aliphatic heterocycles. The highest BCUT2D eigenvalue weighted by Crippen LogP contribution is 2.13. The monoisotopic (exact) mass is 264 g/mol. The van der Waals surface area contributed by atoms with Gasteiger partial charge in [-0.25, -0.2) is 4.79 Å². The van der Waals surface area contributed by atoms with Gasteiger partial charge in [-0.1, -0.05) is 0 Å². The number of aromatic amines is 1. The molecular weight excluding hydrogens is 244 g/mol. The summed E-state index contributed by atoms with van der Waals surface area (Å²) in [6, 6.07) is 3.48. The van der Waals surface area contributed by atoms with E-state index in [1.54, 1.807) is 6.20 Å². The number of hydrogen-bond acceptors (Lipinski definition) is 3. The first kappa shape index (κ1) is 13.5. The molecular formula is C13H20N4O2. The van der Waals surface area contributed by atoms with Gasteiger partial charge in [0.25, 0.3) is 0 Å². The first-order chi connectivity index (χ1) is 9.06. The Labute approximate surface area is 112 Å². The molecule has 6 heteroatoms. The van der Waals surface area contributed by atoms with Gasteiger partial charge in [0.05, 0.1) is 5.69 Å². The number of aromatic nitrogens is 1. The maximum absolute atomic E-state index is 11.8. The van der Waals surface area contributed by atoms with Gasteiger partial charge >= 0.3 is 6.03 Å². The van der Waals surface area contributed by atoms with Crippen molar-refractivity contribution in [2.45, 2.75) is 19.9 Å². The molecule has 2 N–H and O–H groups in total. The molecule has 0 radical (unpaired) electrons. The second-order valence-electron chi connectivity index (χ2n) is 4.99. The Morgan fingerprint density at radius 3 is 2.47 bits per heavy atom. The highest BCUT2D eigenvalue weighted by atomic mass is 16.2. The quantitative estimate of drug-likeness (QED) is 0.822. The Bertz CT molecular complexity index is 469. The lowest BCUT2D eigenvalue weighted by atomic mass is 10.3. The molecule has 0 spiro atoms. The molecule has 1 aromatic heterocycles. The van der Waals surface area contributed by atoms with Gasteiger partial charge < -0.3 is 20.1 Å². The second-order valence-corrected chi connectivity index (χ2v) is 4.99. The molecule has 0 aromatic carbocycles. The van der Waals surface area contributed by atoms with Crippen LogP contribution in [-0.4, -0.2) is 48.1 Å². The molecule has 0 atom stereocenters. The Balaban J connectivity index is 1.90. The van der Waals surface area contributed by atoms with E-state index in [2.05, 4.69) is 15.2 Å². The van der Waals surface area contributed by atoms with Crippen molar-refractivity contribution in [2.75, 3.05) is 31.1 Å². The van der Waals surface area contributed by atoms with E-state index in [-0.39, 0.29) is 17.6 Å². The average molecular weight is 264 g/mol. The van der Waals surface area contributed by atoms with Gasteiger partial charge in [-0.05, 0) is 19.9 Å². The van der Waals surface area contributed by atoms with Gasteiger partial charge in [-0.2, -0.15) is 0 Å². The van der Waals surface area contributed by atoms with Crippen LogP contribution in [0.3, 0.4) is 0 Å². The summed E-state index contributed by atoms with van der Waals surface area (Å²) in [6.07, 6.45) is 1.71. The number of anilines is 1. The maximum atomic E-state index is 11.8. The van der Waals surface area contributed by atoms with Crippen LogP contribution in [0.15, 0.2) is 23.1 Å². The summed E-state index contributed by atoms with van der Waals surface area (Å²) >= 11 is 0. The van der Waals surface area contributed by atoms with E-state index in [0.29, 0.717) is 13.1 Å². The van der Waals surface area contributed by atoms with Crippen molar-refractivity contribution >= 4 is 11.7 Å². The molecule has 6 nitrogen and oxygen atoms in total.